The van der Waals surface area contributed by atoms with E-state index in [0.29, 0.717) is 0 Å². The van der Waals surface area contributed by atoms with Crippen molar-refractivity contribution in [1.82, 2.24) is 4.98 Å². The maximum absolute atomic E-state index is 5.22. The van der Waals surface area contributed by atoms with E-state index in [2.05, 4.69) is 16.2 Å². The monoisotopic (exact) mass is 160 g/mol. The summed E-state index contributed by atoms with van der Waals surface area (Å²) in [5.74, 6) is 3.42. The number of anilines is 1. The Morgan fingerprint density at radius 2 is 2.33 bits per heavy atom. The van der Waals surface area contributed by atoms with Crippen molar-refractivity contribution in [3.8, 4) is 12.3 Å². The summed E-state index contributed by atoms with van der Waals surface area (Å²) in [6, 6.07) is 5.83. The number of aryl methyl sites for hydroxylation is 1. The molecule has 12 heavy (non-hydrogen) atoms. The van der Waals surface area contributed by atoms with Crippen LogP contribution in [0.5, 0.6) is 0 Å². The van der Waals surface area contributed by atoms with Gasteiger partial charge in [-0.1, -0.05) is 12.0 Å². The first-order valence-corrected chi connectivity index (χ1v) is 3.88. The predicted octanol–water partition coefficient (Wildman–Crippen LogP) is 1.82. The minimum atomic E-state index is 0.0271. The van der Waals surface area contributed by atoms with Gasteiger partial charge in [-0.25, -0.2) is 4.98 Å². The van der Waals surface area contributed by atoms with E-state index in [9.17, 15) is 0 Å². The van der Waals surface area contributed by atoms with Crippen LogP contribution in [0.25, 0.3) is 0 Å². The Morgan fingerprint density at radius 3 is 2.92 bits per heavy atom. The number of aromatic nitrogens is 1. The molecule has 0 spiro atoms. The van der Waals surface area contributed by atoms with Crippen molar-refractivity contribution in [3.05, 3.63) is 23.9 Å². The summed E-state index contributed by atoms with van der Waals surface area (Å²) >= 11 is 0. The van der Waals surface area contributed by atoms with Gasteiger partial charge in [-0.15, -0.1) is 6.42 Å². The van der Waals surface area contributed by atoms with Crippen LogP contribution in [0.1, 0.15) is 12.6 Å². The summed E-state index contributed by atoms with van der Waals surface area (Å²) in [6.45, 7) is 3.87. The molecular formula is C10H12N2. The van der Waals surface area contributed by atoms with Crippen LogP contribution in [0.2, 0.25) is 0 Å². The van der Waals surface area contributed by atoms with Gasteiger partial charge in [-0.2, -0.15) is 0 Å². The summed E-state index contributed by atoms with van der Waals surface area (Å²) in [6.07, 6.45) is 5.22. The van der Waals surface area contributed by atoms with Gasteiger partial charge in [0.2, 0.25) is 0 Å². The minimum Gasteiger partial charge on any atom is -0.357 e. The lowest BCUT2D eigenvalue weighted by atomic mass is 10.3. The van der Waals surface area contributed by atoms with Gasteiger partial charge < -0.3 is 5.32 Å². The van der Waals surface area contributed by atoms with Crippen molar-refractivity contribution in [2.75, 3.05) is 5.32 Å². The van der Waals surface area contributed by atoms with Crippen molar-refractivity contribution in [3.63, 3.8) is 0 Å². The number of nitrogens with zero attached hydrogens (tertiary/aromatic N) is 1. The molecule has 0 aliphatic rings. The molecule has 1 rings (SSSR count). The molecule has 1 heterocycles. The molecule has 2 nitrogen and oxygen atoms in total. The van der Waals surface area contributed by atoms with Gasteiger partial charge in [0.15, 0.2) is 0 Å². The van der Waals surface area contributed by atoms with Crippen LogP contribution < -0.4 is 5.32 Å². The average molecular weight is 160 g/mol. The SMILES string of the molecule is C#CC(C)Nc1cccc(C)n1. The molecule has 1 unspecified atom stereocenters. The van der Waals surface area contributed by atoms with Gasteiger partial charge in [0.25, 0.3) is 0 Å². The minimum absolute atomic E-state index is 0.0271. The van der Waals surface area contributed by atoms with E-state index >= 15 is 0 Å². The Hall–Kier alpha value is -1.49. The lowest BCUT2D eigenvalue weighted by molar-refractivity contribution is 1.01. The highest BCUT2D eigenvalue weighted by Crippen LogP contribution is 2.04. The van der Waals surface area contributed by atoms with Crippen LogP contribution in [0.4, 0.5) is 5.82 Å². The third kappa shape index (κ3) is 2.28. The van der Waals surface area contributed by atoms with Gasteiger partial charge in [0.1, 0.15) is 5.82 Å². The molecule has 0 amide bonds. The second-order valence-corrected chi connectivity index (χ2v) is 2.70. The molecule has 0 bridgehead atoms. The van der Waals surface area contributed by atoms with Crippen LogP contribution in [0.3, 0.4) is 0 Å². The Balaban J connectivity index is 2.71. The number of terminal acetylenes is 1. The summed E-state index contributed by atoms with van der Waals surface area (Å²) < 4.78 is 0. The summed E-state index contributed by atoms with van der Waals surface area (Å²) in [5, 5.41) is 3.09. The Bertz CT molecular complexity index is 299. The van der Waals surface area contributed by atoms with Gasteiger partial charge >= 0.3 is 0 Å². The Labute approximate surface area is 73.0 Å². The smallest absolute Gasteiger partial charge is 0.127 e. The molecule has 62 valence electrons. The van der Waals surface area contributed by atoms with Crippen molar-refractivity contribution >= 4 is 5.82 Å². The molecule has 0 aromatic carbocycles. The molecular weight excluding hydrogens is 148 g/mol. The first-order chi connectivity index (χ1) is 5.72. The summed E-state index contributed by atoms with van der Waals surface area (Å²) in [5.41, 5.74) is 0.990. The highest BCUT2D eigenvalue weighted by atomic mass is 15.0. The van der Waals surface area contributed by atoms with Crippen LogP contribution in [0.15, 0.2) is 18.2 Å². The second kappa shape index (κ2) is 3.77. The first kappa shape index (κ1) is 8.61. The van der Waals surface area contributed by atoms with Gasteiger partial charge in [-0.3, -0.25) is 0 Å². The number of rotatable bonds is 2. The van der Waals surface area contributed by atoms with Crippen LogP contribution in [-0.4, -0.2) is 11.0 Å². The van der Waals surface area contributed by atoms with E-state index in [0.717, 1.165) is 11.5 Å². The predicted molar refractivity (Wildman–Crippen MR) is 50.9 cm³/mol. The topological polar surface area (TPSA) is 24.9 Å². The molecule has 0 saturated heterocycles. The average Bonchev–Trinajstić information content (AvgIpc) is 2.04. The van der Waals surface area contributed by atoms with Gasteiger partial charge in [0.05, 0.1) is 6.04 Å². The lowest BCUT2D eigenvalue weighted by Crippen LogP contribution is -2.13. The van der Waals surface area contributed by atoms with Crippen molar-refractivity contribution in [2.45, 2.75) is 19.9 Å². The van der Waals surface area contributed by atoms with E-state index in [1.807, 2.05) is 32.0 Å². The maximum Gasteiger partial charge on any atom is 0.127 e. The van der Waals surface area contributed by atoms with Gasteiger partial charge in [0, 0.05) is 5.69 Å². The maximum atomic E-state index is 5.22. The molecule has 1 N–H and O–H groups in total. The van der Waals surface area contributed by atoms with Crippen molar-refractivity contribution < 1.29 is 0 Å². The Morgan fingerprint density at radius 1 is 1.58 bits per heavy atom. The van der Waals surface area contributed by atoms with Crippen LogP contribution in [-0.2, 0) is 0 Å². The Kier molecular flexibility index (Phi) is 2.71. The molecule has 2 heteroatoms. The molecule has 1 aromatic heterocycles. The lowest BCUT2D eigenvalue weighted by Gasteiger charge is -2.07. The number of hydrogen-bond acceptors (Lipinski definition) is 2. The zero-order valence-corrected chi connectivity index (χ0v) is 7.33. The second-order valence-electron chi connectivity index (χ2n) is 2.70. The van der Waals surface area contributed by atoms with Crippen LogP contribution in [0, 0.1) is 19.3 Å². The highest BCUT2D eigenvalue weighted by molar-refractivity contribution is 5.38. The molecule has 0 aliphatic carbocycles. The molecule has 0 fully saturated rings. The zero-order valence-electron chi connectivity index (χ0n) is 7.33. The first-order valence-electron chi connectivity index (χ1n) is 3.88. The van der Waals surface area contributed by atoms with E-state index in [1.165, 1.54) is 0 Å². The third-order valence-corrected chi connectivity index (χ3v) is 1.50. The zero-order chi connectivity index (χ0) is 8.97. The van der Waals surface area contributed by atoms with Crippen molar-refractivity contribution in [2.24, 2.45) is 0 Å². The van der Waals surface area contributed by atoms with Crippen LogP contribution >= 0.6 is 0 Å². The number of nitrogens with one attached hydrogen (secondary N) is 1. The van der Waals surface area contributed by atoms with Gasteiger partial charge in [-0.05, 0) is 26.0 Å². The fourth-order valence-electron chi connectivity index (χ4n) is 0.887. The van der Waals surface area contributed by atoms with E-state index in [4.69, 9.17) is 6.42 Å². The van der Waals surface area contributed by atoms with E-state index in [-0.39, 0.29) is 6.04 Å². The fraction of sp³-hybridized carbons (Fsp3) is 0.300. The number of pyridine rings is 1. The normalized spacial score (nSPS) is 11.8. The largest absolute Gasteiger partial charge is 0.357 e. The van der Waals surface area contributed by atoms with Crippen molar-refractivity contribution in [1.29, 1.82) is 0 Å². The molecule has 1 aromatic rings. The summed E-state index contributed by atoms with van der Waals surface area (Å²) in [7, 11) is 0. The summed E-state index contributed by atoms with van der Waals surface area (Å²) in [4.78, 5) is 4.25. The molecule has 1 atom stereocenters. The molecule has 0 saturated carbocycles. The number of hydrogen-bond donors (Lipinski definition) is 1. The third-order valence-electron chi connectivity index (χ3n) is 1.50. The standard InChI is InChI=1S/C10H12N2/c1-4-8(2)11-10-7-5-6-9(3)12-10/h1,5-8H,2-3H3,(H,11,12). The highest BCUT2D eigenvalue weighted by Gasteiger charge is 1.97. The molecule has 0 radical (unpaired) electrons. The quantitative estimate of drug-likeness (QED) is 0.667. The molecule has 0 aliphatic heterocycles. The van der Waals surface area contributed by atoms with E-state index < -0.39 is 0 Å². The van der Waals surface area contributed by atoms with E-state index in [1.54, 1.807) is 0 Å². The fourth-order valence-corrected chi connectivity index (χ4v) is 0.887.